The number of amides is 1. The molecule has 2 fully saturated rings. The lowest BCUT2D eigenvalue weighted by Gasteiger charge is -2.33. The van der Waals surface area contributed by atoms with E-state index in [9.17, 15) is 4.79 Å². The van der Waals surface area contributed by atoms with Crippen molar-refractivity contribution in [3.05, 3.63) is 23.5 Å². The Balaban J connectivity index is 1.46. The zero-order valence-corrected chi connectivity index (χ0v) is 14.6. The number of aromatic nitrogens is 3. The van der Waals surface area contributed by atoms with Crippen LogP contribution in [0.5, 0.6) is 0 Å². The highest BCUT2D eigenvalue weighted by Crippen LogP contribution is 2.34. The molecule has 0 spiro atoms. The lowest BCUT2D eigenvalue weighted by atomic mass is 9.95. The van der Waals surface area contributed by atoms with Crippen LogP contribution in [0.25, 0.3) is 10.6 Å². The van der Waals surface area contributed by atoms with Crippen molar-refractivity contribution in [3.63, 3.8) is 0 Å². The number of anilines is 1. The number of rotatable bonds is 4. The summed E-state index contributed by atoms with van der Waals surface area (Å²) in [6.45, 7) is 3.71. The highest BCUT2D eigenvalue weighted by molar-refractivity contribution is 7.14. The Bertz CT molecular complexity index is 734. The molecule has 1 aliphatic carbocycles. The van der Waals surface area contributed by atoms with Crippen LogP contribution in [0.15, 0.2) is 18.5 Å². The molecule has 1 aliphatic heterocycles. The molecule has 1 saturated heterocycles. The van der Waals surface area contributed by atoms with Crippen LogP contribution >= 0.6 is 11.3 Å². The largest absolute Gasteiger partial charge is 0.370 e. The molecule has 0 radical (unpaired) electrons. The normalized spacial score (nSPS) is 18.6. The van der Waals surface area contributed by atoms with Gasteiger partial charge in [0, 0.05) is 36.8 Å². The molecule has 126 valence electrons. The fourth-order valence-electron chi connectivity index (χ4n) is 3.15. The number of nitrogens with zero attached hydrogens (tertiary/aromatic N) is 4. The zero-order valence-electron chi connectivity index (χ0n) is 13.7. The first-order valence-electron chi connectivity index (χ1n) is 8.50. The highest BCUT2D eigenvalue weighted by Gasteiger charge is 2.30. The summed E-state index contributed by atoms with van der Waals surface area (Å²) in [5, 5.41) is 13.4. The number of carbonyl (C=O) groups is 1. The zero-order chi connectivity index (χ0) is 16.5. The van der Waals surface area contributed by atoms with Crippen LogP contribution in [0.3, 0.4) is 0 Å². The minimum atomic E-state index is 0.144. The lowest BCUT2D eigenvalue weighted by molar-refractivity contribution is -0.125. The molecule has 2 aliphatic rings. The molecule has 3 heterocycles. The van der Waals surface area contributed by atoms with Gasteiger partial charge in [0.15, 0.2) is 0 Å². The first-order valence-corrected chi connectivity index (χ1v) is 9.32. The molecule has 4 rings (SSSR count). The van der Waals surface area contributed by atoms with Crippen molar-refractivity contribution < 1.29 is 4.79 Å². The van der Waals surface area contributed by atoms with Crippen LogP contribution in [-0.2, 0) is 4.79 Å². The van der Waals surface area contributed by atoms with E-state index in [1.54, 1.807) is 17.5 Å². The summed E-state index contributed by atoms with van der Waals surface area (Å²) in [6.07, 6.45) is 7.77. The van der Waals surface area contributed by atoms with Gasteiger partial charge in [-0.3, -0.25) is 9.78 Å². The summed E-state index contributed by atoms with van der Waals surface area (Å²) in [4.78, 5) is 18.8. The monoisotopic (exact) mass is 343 g/mol. The van der Waals surface area contributed by atoms with Crippen molar-refractivity contribution in [1.29, 1.82) is 0 Å². The second-order valence-electron chi connectivity index (χ2n) is 6.56. The van der Waals surface area contributed by atoms with Crippen molar-refractivity contribution in [3.8, 4) is 10.6 Å². The molecular weight excluding hydrogens is 322 g/mol. The average molecular weight is 343 g/mol. The van der Waals surface area contributed by atoms with Crippen LogP contribution in [0.4, 0.5) is 5.69 Å². The molecule has 24 heavy (non-hydrogen) atoms. The number of aryl methyl sites for hydroxylation is 1. The van der Waals surface area contributed by atoms with Gasteiger partial charge in [0.1, 0.15) is 10.0 Å². The number of piperidine rings is 1. The van der Waals surface area contributed by atoms with Gasteiger partial charge in [-0.1, -0.05) is 11.3 Å². The molecule has 1 N–H and O–H groups in total. The van der Waals surface area contributed by atoms with E-state index >= 15 is 0 Å². The van der Waals surface area contributed by atoms with E-state index in [4.69, 9.17) is 0 Å². The standard InChI is InChI=1S/C17H21N5OS/c1-11-20-21-17(24-11)14-4-7-18-10-15(14)22-8-5-12(6-9-22)16(23)19-13-2-3-13/h4,7,10,12-13H,2-3,5-6,8-9H2,1H3,(H,19,23). The Labute approximate surface area is 145 Å². The Hall–Kier alpha value is -2.02. The van der Waals surface area contributed by atoms with Crippen LogP contribution in [-0.4, -0.2) is 40.2 Å². The second-order valence-corrected chi connectivity index (χ2v) is 7.74. The lowest BCUT2D eigenvalue weighted by Crippen LogP contribution is -2.41. The van der Waals surface area contributed by atoms with E-state index in [0.717, 1.165) is 60.0 Å². The predicted octanol–water partition coefficient (Wildman–Crippen LogP) is 2.40. The van der Waals surface area contributed by atoms with Gasteiger partial charge in [0.2, 0.25) is 5.91 Å². The fraction of sp³-hybridized carbons (Fsp3) is 0.529. The van der Waals surface area contributed by atoms with Gasteiger partial charge in [-0.05, 0) is 38.7 Å². The van der Waals surface area contributed by atoms with E-state index in [1.165, 1.54) is 0 Å². The van der Waals surface area contributed by atoms with E-state index in [0.29, 0.717) is 6.04 Å². The molecule has 1 saturated carbocycles. The third-order valence-corrected chi connectivity index (χ3v) is 5.56. The van der Waals surface area contributed by atoms with Crippen LogP contribution in [0.2, 0.25) is 0 Å². The molecule has 0 bridgehead atoms. The molecule has 7 heteroatoms. The minimum Gasteiger partial charge on any atom is -0.370 e. The number of hydrogen-bond acceptors (Lipinski definition) is 6. The molecule has 1 amide bonds. The summed E-state index contributed by atoms with van der Waals surface area (Å²) >= 11 is 1.60. The molecule has 2 aromatic rings. The summed E-state index contributed by atoms with van der Waals surface area (Å²) in [7, 11) is 0. The molecule has 0 unspecified atom stereocenters. The van der Waals surface area contributed by atoms with Crippen molar-refractivity contribution in [1.82, 2.24) is 20.5 Å². The second kappa shape index (κ2) is 6.47. The summed E-state index contributed by atoms with van der Waals surface area (Å²) in [6, 6.07) is 2.45. The van der Waals surface area contributed by atoms with Gasteiger partial charge in [0.25, 0.3) is 0 Å². The van der Waals surface area contributed by atoms with Crippen molar-refractivity contribution in [2.45, 2.75) is 38.6 Å². The Morgan fingerprint density at radius 3 is 2.71 bits per heavy atom. The third kappa shape index (κ3) is 3.26. The maximum atomic E-state index is 12.2. The van der Waals surface area contributed by atoms with Gasteiger partial charge in [-0.25, -0.2) is 0 Å². The van der Waals surface area contributed by atoms with Crippen molar-refractivity contribution in [2.24, 2.45) is 5.92 Å². The molecule has 6 nitrogen and oxygen atoms in total. The Morgan fingerprint density at radius 1 is 1.25 bits per heavy atom. The van der Waals surface area contributed by atoms with E-state index in [-0.39, 0.29) is 11.8 Å². The first-order chi connectivity index (χ1) is 11.7. The number of pyridine rings is 1. The van der Waals surface area contributed by atoms with Crippen molar-refractivity contribution in [2.75, 3.05) is 18.0 Å². The molecule has 2 aromatic heterocycles. The number of nitrogens with one attached hydrogen (secondary N) is 1. The van der Waals surface area contributed by atoms with Gasteiger partial charge in [-0.2, -0.15) is 0 Å². The van der Waals surface area contributed by atoms with Gasteiger partial charge in [-0.15, -0.1) is 10.2 Å². The minimum absolute atomic E-state index is 0.144. The van der Waals surface area contributed by atoms with Crippen molar-refractivity contribution >= 4 is 22.9 Å². The van der Waals surface area contributed by atoms with E-state index in [1.807, 2.05) is 19.2 Å². The fourth-order valence-corrected chi connectivity index (χ4v) is 3.88. The Morgan fingerprint density at radius 2 is 2.04 bits per heavy atom. The topological polar surface area (TPSA) is 71.0 Å². The summed E-state index contributed by atoms with van der Waals surface area (Å²) in [5.74, 6) is 0.383. The first kappa shape index (κ1) is 15.5. The smallest absolute Gasteiger partial charge is 0.223 e. The Kier molecular flexibility index (Phi) is 4.18. The number of carbonyl (C=O) groups excluding carboxylic acids is 1. The maximum absolute atomic E-state index is 12.2. The van der Waals surface area contributed by atoms with Crippen LogP contribution in [0.1, 0.15) is 30.7 Å². The van der Waals surface area contributed by atoms with E-state index in [2.05, 4.69) is 25.4 Å². The average Bonchev–Trinajstić information content (AvgIpc) is 3.32. The van der Waals surface area contributed by atoms with E-state index < -0.39 is 0 Å². The van der Waals surface area contributed by atoms with Gasteiger partial charge in [0.05, 0.1) is 11.9 Å². The van der Waals surface area contributed by atoms with Crippen LogP contribution < -0.4 is 10.2 Å². The SMILES string of the molecule is Cc1nnc(-c2ccncc2N2CCC(C(=O)NC3CC3)CC2)s1. The van der Waals surface area contributed by atoms with Crippen LogP contribution in [0, 0.1) is 12.8 Å². The summed E-state index contributed by atoms with van der Waals surface area (Å²) < 4.78 is 0. The molecule has 0 aromatic carbocycles. The van der Waals surface area contributed by atoms with Gasteiger partial charge < -0.3 is 10.2 Å². The molecular formula is C17H21N5OS. The highest BCUT2D eigenvalue weighted by atomic mass is 32.1. The van der Waals surface area contributed by atoms with Gasteiger partial charge >= 0.3 is 0 Å². The summed E-state index contributed by atoms with van der Waals surface area (Å²) in [5.41, 5.74) is 2.17. The quantitative estimate of drug-likeness (QED) is 0.923. The molecule has 0 atom stereocenters. The maximum Gasteiger partial charge on any atom is 0.223 e. The number of hydrogen-bond donors (Lipinski definition) is 1. The third-order valence-electron chi connectivity index (χ3n) is 4.69. The predicted molar refractivity (Wildman–Crippen MR) is 94.0 cm³/mol.